The van der Waals surface area contributed by atoms with Crippen LogP contribution in [-0.4, -0.2) is 21.8 Å². The molecule has 5 nitrogen and oxygen atoms in total. The van der Waals surface area contributed by atoms with Crippen LogP contribution in [0.1, 0.15) is 25.0 Å². The van der Waals surface area contributed by atoms with Crippen molar-refractivity contribution in [1.82, 2.24) is 10.2 Å². The summed E-state index contributed by atoms with van der Waals surface area (Å²) in [6.07, 6.45) is 1.74. The Morgan fingerprint density at radius 1 is 1.04 bits per heavy atom. The Balaban J connectivity index is 2.05. The number of nitrogens with one attached hydrogen (secondary N) is 1. The van der Waals surface area contributed by atoms with Gasteiger partial charge in [0.25, 0.3) is 11.8 Å². The van der Waals surface area contributed by atoms with Gasteiger partial charge in [-0.05, 0) is 11.5 Å². The minimum Gasteiger partial charge on any atom is -0.359 e. The smallest absolute Gasteiger partial charge is 0.285 e. The molecule has 1 unspecified atom stereocenters. The lowest BCUT2D eigenvalue weighted by Gasteiger charge is -2.40. The highest BCUT2D eigenvalue weighted by molar-refractivity contribution is 6.06. The van der Waals surface area contributed by atoms with E-state index in [0.29, 0.717) is 5.56 Å². The first kappa shape index (κ1) is 17.9. The van der Waals surface area contributed by atoms with Crippen molar-refractivity contribution in [3.63, 3.8) is 0 Å². The van der Waals surface area contributed by atoms with E-state index in [1.807, 2.05) is 44.2 Å². The average molecular weight is 350 g/mol. The van der Waals surface area contributed by atoms with Gasteiger partial charge in [0.15, 0.2) is 0 Å². The van der Waals surface area contributed by atoms with Crippen molar-refractivity contribution in [3.8, 4) is 0 Å². The maximum atomic E-state index is 13.2. The topological polar surface area (TPSA) is 69.6 Å². The molecule has 0 saturated carbocycles. The molecule has 0 bridgehead atoms. The van der Waals surface area contributed by atoms with Gasteiger partial charge in [-0.15, -0.1) is 0 Å². The maximum absolute atomic E-state index is 13.2. The summed E-state index contributed by atoms with van der Waals surface area (Å²) in [5.74, 6) is -0.968. The van der Waals surface area contributed by atoms with E-state index in [1.54, 1.807) is 36.4 Å². The Morgan fingerprint density at radius 2 is 1.62 bits per heavy atom. The zero-order chi connectivity index (χ0) is 18.7. The Hall–Kier alpha value is -2.92. The Morgan fingerprint density at radius 3 is 2.19 bits per heavy atom. The molecule has 1 aliphatic heterocycles. The molecule has 2 aromatic carbocycles. The van der Waals surface area contributed by atoms with E-state index >= 15 is 0 Å². The molecule has 2 N–H and O–H groups in total. The molecular formula is C21H22N2O3. The standard InChI is InChI=1S/C21H22N2O3/c1-15(2)13-18-19(24)22-21(26,17-11-7-4-8-12-17)20(25)23(18)14-16-9-5-3-6-10-16/h3-13,15,26H,14H2,1-2H3,(H,22,24)/b18-13+. The fraction of sp³-hybridized carbons (Fsp3) is 0.238. The van der Waals surface area contributed by atoms with Crippen LogP contribution in [0, 0.1) is 5.92 Å². The van der Waals surface area contributed by atoms with Gasteiger partial charge in [0.05, 0.1) is 6.54 Å². The molecule has 3 rings (SSSR count). The summed E-state index contributed by atoms with van der Waals surface area (Å²) in [5, 5.41) is 13.5. The highest BCUT2D eigenvalue weighted by Crippen LogP contribution is 2.29. The van der Waals surface area contributed by atoms with Gasteiger partial charge < -0.3 is 10.4 Å². The summed E-state index contributed by atoms with van der Waals surface area (Å²) in [6.45, 7) is 4.08. The van der Waals surface area contributed by atoms with Crippen LogP contribution >= 0.6 is 0 Å². The zero-order valence-electron chi connectivity index (χ0n) is 14.8. The van der Waals surface area contributed by atoms with Crippen LogP contribution in [-0.2, 0) is 21.9 Å². The molecule has 5 heteroatoms. The Kier molecular flexibility index (Phi) is 4.91. The van der Waals surface area contributed by atoms with Gasteiger partial charge >= 0.3 is 0 Å². The minimum atomic E-state index is -2.08. The first-order chi connectivity index (χ1) is 12.4. The highest BCUT2D eigenvalue weighted by Gasteiger charge is 2.49. The van der Waals surface area contributed by atoms with Crippen molar-refractivity contribution >= 4 is 11.8 Å². The fourth-order valence-electron chi connectivity index (χ4n) is 2.99. The van der Waals surface area contributed by atoms with Crippen LogP contribution in [0.5, 0.6) is 0 Å². The predicted octanol–water partition coefficient (Wildman–Crippen LogP) is 2.53. The lowest BCUT2D eigenvalue weighted by Crippen LogP contribution is -2.63. The number of rotatable bonds is 4. The number of allylic oxidation sites excluding steroid dienone is 1. The van der Waals surface area contributed by atoms with Crippen molar-refractivity contribution in [3.05, 3.63) is 83.6 Å². The van der Waals surface area contributed by atoms with Crippen LogP contribution < -0.4 is 5.32 Å². The van der Waals surface area contributed by atoms with E-state index in [9.17, 15) is 14.7 Å². The van der Waals surface area contributed by atoms with Crippen molar-refractivity contribution in [2.75, 3.05) is 0 Å². The fourth-order valence-corrected chi connectivity index (χ4v) is 2.99. The lowest BCUT2D eigenvalue weighted by molar-refractivity contribution is -0.165. The first-order valence-corrected chi connectivity index (χ1v) is 8.60. The molecule has 0 spiro atoms. The Labute approximate surface area is 153 Å². The van der Waals surface area contributed by atoms with Crippen molar-refractivity contribution in [2.24, 2.45) is 5.92 Å². The van der Waals surface area contributed by atoms with Crippen molar-refractivity contribution in [2.45, 2.75) is 26.1 Å². The summed E-state index contributed by atoms with van der Waals surface area (Å²) in [5.41, 5.74) is -0.614. The molecule has 0 aromatic heterocycles. The second-order valence-corrected chi connectivity index (χ2v) is 6.70. The molecule has 26 heavy (non-hydrogen) atoms. The number of benzene rings is 2. The molecule has 1 atom stereocenters. The molecule has 0 aliphatic carbocycles. The third-order valence-corrected chi connectivity index (χ3v) is 4.24. The van der Waals surface area contributed by atoms with Crippen molar-refractivity contribution in [1.29, 1.82) is 0 Å². The van der Waals surface area contributed by atoms with Crippen LogP contribution in [0.2, 0.25) is 0 Å². The largest absolute Gasteiger partial charge is 0.359 e. The SMILES string of the molecule is CC(C)/C=C1\C(=O)NC(O)(c2ccccc2)C(=O)N1Cc1ccccc1. The van der Waals surface area contributed by atoms with E-state index in [-0.39, 0.29) is 18.2 Å². The zero-order valence-corrected chi connectivity index (χ0v) is 14.8. The summed E-state index contributed by atoms with van der Waals surface area (Å²) >= 11 is 0. The van der Waals surface area contributed by atoms with E-state index < -0.39 is 17.5 Å². The molecular weight excluding hydrogens is 328 g/mol. The molecule has 1 saturated heterocycles. The molecule has 1 heterocycles. The van der Waals surface area contributed by atoms with Crippen LogP contribution in [0.3, 0.4) is 0 Å². The molecule has 2 amide bonds. The van der Waals surface area contributed by atoms with Gasteiger partial charge in [-0.1, -0.05) is 80.6 Å². The number of nitrogens with zero attached hydrogens (tertiary/aromatic N) is 1. The minimum absolute atomic E-state index is 0.0738. The molecule has 0 radical (unpaired) electrons. The molecule has 2 aromatic rings. The summed E-state index contributed by atoms with van der Waals surface area (Å²) < 4.78 is 0. The van der Waals surface area contributed by atoms with E-state index in [0.717, 1.165) is 5.56 Å². The predicted molar refractivity (Wildman–Crippen MR) is 98.4 cm³/mol. The van der Waals surface area contributed by atoms with Crippen LogP contribution in [0.4, 0.5) is 0 Å². The molecule has 1 aliphatic rings. The molecule has 134 valence electrons. The summed E-state index contributed by atoms with van der Waals surface area (Å²) in [7, 11) is 0. The number of amides is 2. The second-order valence-electron chi connectivity index (χ2n) is 6.70. The first-order valence-electron chi connectivity index (χ1n) is 8.60. The number of carbonyl (C=O) groups excluding carboxylic acids is 2. The maximum Gasteiger partial charge on any atom is 0.285 e. The van der Waals surface area contributed by atoms with E-state index in [1.165, 1.54) is 4.90 Å². The molecule has 1 fully saturated rings. The summed E-state index contributed by atoms with van der Waals surface area (Å²) in [4.78, 5) is 27.3. The van der Waals surface area contributed by atoms with Crippen molar-refractivity contribution < 1.29 is 14.7 Å². The number of hydrogen-bond acceptors (Lipinski definition) is 3. The van der Waals surface area contributed by atoms with Gasteiger partial charge in [-0.2, -0.15) is 0 Å². The summed E-state index contributed by atoms with van der Waals surface area (Å²) in [6, 6.07) is 17.9. The number of piperazine rings is 1. The number of carbonyl (C=O) groups is 2. The normalized spacial score (nSPS) is 22.0. The third-order valence-electron chi connectivity index (χ3n) is 4.24. The average Bonchev–Trinajstić information content (AvgIpc) is 2.64. The van der Waals surface area contributed by atoms with Crippen LogP contribution in [0.25, 0.3) is 0 Å². The van der Waals surface area contributed by atoms with E-state index in [2.05, 4.69) is 5.32 Å². The highest BCUT2D eigenvalue weighted by atomic mass is 16.3. The second kappa shape index (κ2) is 7.14. The van der Waals surface area contributed by atoms with Crippen LogP contribution in [0.15, 0.2) is 72.4 Å². The van der Waals surface area contributed by atoms with Gasteiger partial charge in [0, 0.05) is 5.56 Å². The Bertz CT molecular complexity index is 831. The number of aliphatic hydroxyl groups is 1. The third kappa shape index (κ3) is 3.39. The van der Waals surface area contributed by atoms with Gasteiger partial charge in [-0.25, -0.2) is 0 Å². The number of hydrogen-bond donors (Lipinski definition) is 2. The van der Waals surface area contributed by atoms with Gasteiger partial charge in [-0.3, -0.25) is 14.5 Å². The van der Waals surface area contributed by atoms with Gasteiger partial charge in [0.1, 0.15) is 5.70 Å². The van der Waals surface area contributed by atoms with E-state index in [4.69, 9.17) is 0 Å². The lowest BCUT2D eigenvalue weighted by atomic mass is 9.96. The van der Waals surface area contributed by atoms with Gasteiger partial charge in [0.2, 0.25) is 5.72 Å². The monoisotopic (exact) mass is 350 g/mol. The quantitative estimate of drug-likeness (QED) is 0.833.